The molecule has 0 spiro atoms. The molecule has 0 atom stereocenters. The predicted molar refractivity (Wildman–Crippen MR) is 118 cm³/mol. The van der Waals surface area contributed by atoms with E-state index in [0.29, 0.717) is 0 Å². The van der Waals surface area contributed by atoms with Crippen molar-refractivity contribution in [3.63, 3.8) is 0 Å². The van der Waals surface area contributed by atoms with Crippen LogP contribution in [0.2, 0.25) is 0 Å². The van der Waals surface area contributed by atoms with E-state index in [1.807, 2.05) is 0 Å². The molecule has 142 valence electrons. The van der Waals surface area contributed by atoms with E-state index < -0.39 is 0 Å². The van der Waals surface area contributed by atoms with Gasteiger partial charge in [0.2, 0.25) is 0 Å². The molecule has 0 fully saturated rings. The molecule has 0 amide bonds. The molecule has 0 radical (unpaired) electrons. The molecule has 1 aromatic heterocycles. The second-order valence-corrected chi connectivity index (χ2v) is 13.5. The van der Waals surface area contributed by atoms with Gasteiger partial charge in [0.1, 0.15) is 8.43 Å². The summed E-state index contributed by atoms with van der Waals surface area (Å²) in [6.07, 6.45) is 4.82. The van der Waals surface area contributed by atoms with E-state index in [0.717, 1.165) is 13.9 Å². The Labute approximate surface area is 159 Å². The average molecular weight is 380 g/mol. The quantitative estimate of drug-likeness (QED) is 0.498. The topological polar surface area (TPSA) is 13.1 Å². The van der Waals surface area contributed by atoms with Crippen molar-refractivity contribution in [1.82, 2.24) is 0 Å². The smallest absolute Gasteiger partial charge is 0.161 e. The van der Waals surface area contributed by atoms with Crippen LogP contribution in [0, 0.1) is 21.7 Å². The van der Waals surface area contributed by atoms with Crippen LogP contribution in [0.4, 0.5) is 0 Å². The fourth-order valence-corrected chi connectivity index (χ4v) is 5.37. The number of allylic oxidation sites excluding steroid dienone is 4. The maximum absolute atomic E-state index is 6.22. The normalized spacial score (nSPS) is 16.3. The minimum absolute atomic E-state index is 0.0796. The van der Waals surface area contributed by atoms with Gasteiger partial charge in [-0.15, -0.1) is 0 Å². The summed E-state index contributed by atoms with van der Waals surface area (Å²) >= 11 is 0. The Bertz CT molecular complexity index is 591. The van der Waals surface area contributed by atoms with E-state index in [4.69, 9.17) is 4.20 Å². The Kier molecular flexibility index (Phi) is 6.64. The van der Waals surface area contributed by atoms with E-state index in [-0.39, 0.29) is 21.7 Å². The summed E-state index contributed by atoms with van der Waals surface area (Å²) in [5.74, 6) is 0. The molecule has 0 N–H and O–H groups in total. The van der Waals surface area contributed by atoms with Gasteiger partial charge >= 0.3 is 0 Å². The molecular weight excluding hydrogens is 342 g/mol. The van der Waals surface area contributed by atoms with Crippen molar-refractivity contribution in [1.29, 1.82) is 0 Å². The van der Waals surface area contributed by atoms with Crippen molar-refractivity contribution in [3.05, 3.63) is 22.7 Å². The summed E-state index contributed by atoms with van der Waals surface area (Å²) in [7, 11) is 2.22. The molecular formula is C22H38OP2. The molecule has 0 aliphatic heterocycles. The zero-order valence-corrected chi connectivity index (χ0v) is 20.2. The third-order valence-electron chi connectivity index (χ3n) is 3.67. The van der Waals surface area contributed by atoms with Crippen LogP contribution >= 0.6 is 16.6 Å². The SMILES string of the molecule is CC(C)(C)/C=C(\c1opc(/C(=C\C(C)(C)C)C(C)(C)C)p1)C(C)(C)C. The fourth-order valence-electron chi connectivity index (χ4n) is 2.52. The molecule has 1 nitrogen and oxygen atoms in total. The van der Waals surface area contributed by atoms with E-state index in [9.17, 15) is 0 Å². The second kappa shape index (κ2) is 7.32. The molecule has 0 saturated heterocycles. The zero-order valence-electron chi connectivity index (χ0n) is 18.5. The molecule has 3 heteroatoms. The zero-order chi connectivity index (χ0) is 19.8. The third-order valence-corrected chi connectivity index (χ3v) is 6.03. The molecule has 0 unspecified atom stereocenters. The van der Waals surface area contributed by atoms with Crippen molar-refractivity contribution in [3.8, 4) is 0 Å². The minimum Gasteiger partial charge on any atom is -0.433 e. The molecule has 0 bridgehead atoms. The number of rotatable bonds is 2. The van der Waals surface area contributed by atoms with Gasteiger partial charge in [-0.25, -0.2) is 0 Å². The highest BCUT2D eigenvalue weighted by Gasteiger charge is 2.28. The van der Waals surface area contributed by atoms with Crippen molar-refractivity contribution < 1.29 is 4.20 Å². The lowest BCUT2D eigenvalue weighted by Gasteiger charge is -2.26. The summed E-state index contributed by atoms with van der Waals surface area (Å²) in [5.41, 5.74) is 4.41. The molecule has 0 saturated carbocycles. The molecule has 1 aromatic rings. The molecule has 0 aliphatic carbocycles. The molecule has 0 aromatic carbocycles. The Balaban J connectivity index is 3.50. The molecule has 1 rings (SSSR count). The van der Waals surface area contributed by atoms with Crippen molar-refractivity contribution in [2.45, 2.75) is 83.1 Å². The first-order valence-electron chi connectivity index (χ1n) is 9.21. The van der Waals surface area contributed by atoms with Crippen molar-refractivity contribution >= 4 is 27.8 Å². The first kappa shape index (κ1) is 22.7. The van der Waals surface area contributed by atoms with E-state index >= 15 is 0 Å². The van der Waals surface area contributed by atoms with Gasteiger partial charge in [0.15, 0.2) is 5.49 Å². The van der Waals surface area contributed by atoms with E-state index in [1.165, 1.54) is 24.4 Å². The summed E-state index contributed by atoms with van der Waals surface area (Å²) < 4.78 is 6.22. The lowest BCUT2D eigenvalue weighted by molar-refractivity contribution is 0.507. The Hall–Kier alpha value is -0.380. The fraction of sp³-hybridized carbons (Fsp3) is 0.727. The highest BCUT2D eigenvalue weighted by molar-refractivity contribution is 7.47. The molecule has 0 aliphatic rings. The van der Waals surface area contributed by atoms with Crippen LogP contribution in [0.5, 0.6) is 0 Å². The van der Waals surface area contributed by atoms with Crippen LogP contribution < -0.4 is 0 Å². The van der Waals surface area contributed by atoms with Crippen LogP contribution in [-0.2, 0) is 0 Å². The standard InChI is InChI=1S/C22H38OP2/c1-19(2,3)13-15(21(7,8)9)17-23-25-18(24-17)16(22(10,11)12)14-20(4,5)6/h13-14H,1-12H3/b15-13+,16-14+. The van der Waals surface area contributed by atoms with Gasteiger partial charge in [-0.3, -0.25) is 0 Å². The second-order valence-electron chi connectivity index (χ2n) is 11.3. The maximum Gasteiger partial charge on any atom is 0.161 e. The highest BCUT2D eigenvalue weighted by Crippen LogP contribution is 2.50. The first-order valence-corrected chi connectivity index (χ1v) is 10.9. The number of hydrogen-bond donors (Lipinski definition) is 0. The highest BCUT2D eigenvalue weighted by atomic mass is 31.1. The van der Waals surface area contributed by atoms with Crippen LogP contribution in [0.15, 0.2) is 16.3 Å². The van der Waals surface area contributed by atoms with Crippen molar-refractivity contribution in [2.75, 3.05) is 0 Å². The van der Waals surface area contributed by atoms with Gasteiger partial charge in [-0.2, -0.15) is 0 Å². The largest absolute Gasteiger partial charge is 0.433 e. The van der Waals surface area contributed by atoms with E-state index in [1.54, 1.807) is 0 Å². The van der Waals surface area contributed by atoms with Gasteiger partial charge in [0.05, 0.1) is 5.03 Å². The Morgan fingerprint density at radius 2 is 1.08 bits per heavy atom. The summed E-state index contributed by atoms with van der Waals surface area (Å²) in [6.45, 7) is 27.3. The predicted octanol–water partition coefficient (Wildman–Crippen LogP) is 9.39. The van der Waals surface area contributed by atoms with Gasteiger partial charge in [-0.05, 0) is 35.4 Å². The van der Waals surface area contributed by atoms with Crippen LogP contribution in [0.25, 0.3) is 11.1 Å². The molecule has 25 heavy (non-hydrogen) atoms. The van der Waals surface area contributed by atoms with Crippen LogP contribution in [-0.4, -0.2) is 0 Å². The van der Waals surface area contributed by atoms with Crippen molar-refractivity contribution in [2.24, 2.45) is 21.7 Å². The summed E-state index contributed by atoms with van der Waals surface area (Å²) in [6, 6.07) is 0. The van der Waals surface area contributed by atoms with E-state index in [2.05, 4.69) is 95.2 Å². The lowest BCUT2D eigenvalue weighted by Crippen LogP contribution is -2.12. The third kappa shape index (κ3) is 7.40. The van der Waals surface area contributed by atoms with Crippen LogP contribution in [0.3, 0.4) is 0 Å². The Morgan fingerprint density at radius 1 is 0.680 bits per heavy atom. The van der Waals surface area contributed by atoms with Gasteiger partial charge < -0.3 is 4.20 Å². The average Bonchev–Trinajstić information content (AvgIpc) is 2.77. The lowest BCUT2D eigenvalue weighted by atomic mass is 9.82. The maximum atomic E-state index is 6.22. The van der Waals surface area contributed by atoms with Crippen LogP contribution in [0.1, 0.15) is 93.6 Å². The van der Waals surface area contributed by atoms with Gasteiger partial charge in [0.25, 0.3) is 0 Å². The molecule has 1 heterocycles. The van der Waals surface area contributed by atoms with Gasteiger partial charge in [-0.1, -0.05) is 95.2 Å². The Morgan fingerprint density at radius 3 is 1.44 bits per heavy atom. The first-order chi connectivity index (χ1) is 10.9. The minimum atomic E-state index is 0.0796. The summed E-state index contributed by atoms with van der Waals surface area (Å²) in [5, 5.41) is 1.39. The summed E-state index contributed by atoms with van der Waals surface area (Å²) in [4.78, 5) is 0. The number of hydrogen-bond acceptors (Lipinski definition) is 1. The monoisotopic (exact) mass is 380 g/mol. The van der Waals surface area contributed by atoms with Gasteiger partial charge in [0, 0.05) is 5.57 Å².